The Labute approximate surface area is 192 Å². The van der Waals surface area contributed by atoms with Gasteiger partial charge in [0.1, 0.15) is 0 Å². The molecular formula is C21H28ClN3O4S2. The molecule has 2 heterocycles. The van der Waals surface area contributed by atoms with Crippen LogP contribution in [0.3, 0.4) is 0 Å². The van der Waals surface area contributed by atoms with Gasteiger partial charge in [-0.1, -0.05) is 37.2 Å². The first-order valence-electron chi connectivity index (χ1n) is 10.4. The van der Waals surface area contributed by atoms with Gasteiger partial charge in [0, 0.05) is 24.2 Å². The first-order chi connectivity index (χ1) is 14.6. The zero-order chi connectivity index (χ0) is 22.8. The zero-order valence-corrected chi connectivity index (χ0v) is 20.4. The SMILES string of the molecule is CCN(C(=O)CSc1nc2cc(Cl)ccc2c(=O)n1CCC(C)C)C1CCS(=O)(=O)C1. The van der Waals surface area contributed by atoms with Gasteiger partial charge >= 0.3 is 0 Å². The number of hydrogen-bond acceptors (Lipinski definition) is 6. The molecule has 10 heteroatoms. The largest absolute Gasteiger partial charge is 0.338 e. The molecule has 31 heavy (non-hydrogen) atoms. The molecule has 0 aliphatic carbocycles. The molecule has 1 aliphatic heterocycles. The molecule has 1 amide bonds. The van der Waals surface area contributed by atoms with Crippen LogP contribution in [0.25, 0.3) is 10.9 Å². The lowest BCUT2D eigenvalue weighted by atomic mass is 10.1. The van der Waals surface area contributed by atoms with Crippen molar-refractivity contribution >= 4 is 50.0 Å². The molecule has 1 aromatic carbocycles. The molecule has 1 atom stereocenters. The number of carbonyl (C=O) groups is 1. The molecule has 1 unspecified atom stereocenters. The molecule has 1 fully saturated rings. The van der Waals surface area contributed by atoms with Crippen LogP contribution in [0, 0.1) is 5.92 Å². The fraction of sp³-hybridized carbons (Fsp3) is 0.571. The van der Waals surface area contributed by atoms with E-state index in [1.54, 1.807) is 27.7 Å². The summed E-state index contributed by atoms with van der Waals surface area (Å²) in [7, 11) is -3.08. The van der Waals surface area contributed by atoms with Gasteiger partial charge in [-0.15, -0.1) is 0 Å². The smallest absolute Gasteiger partial charge is 0.262 e. The summed E-state index contributed by atoms with van der Waals surface area (Å²) in [5.41, 5.74) is 0.356. The maximum Gasteiger partial charge on any atom is 0.262 e. The van der Waals surface area contributed by atoms with Crippen LogP contribution in [-0.2, 0) is 21.2 Å². The van der Waals surface area contributed by atoms with E-state index in [2.05, 4.69) is 18.8 Å². The van der Waals surface area contributed by atoms with E-state index in [-0.39, 0.29) is 34.8 Å². The zero-order valence-electron chi connectivity index (χ0n) is 18.0. The van der Waals surface area contributed by atoms with Gasteiger partial charge in [0.25, 0.3) is 5.56 Å². The summed E-state index contributed by atoms with van der Waals surface area (Å²) >= 11 is 7.30. The third kappa shape index (κ3) is 5.81. The molecule has 2 aromatic rings. The third-order valence-electron chi connectivity index (χ3n) is 5.45. The van der Waals surface area contributed by atoms with Crippen LogP contribution in [0.4, 0.5) is 0 Å². The van der Waals surface area contributed by atoms with Crippen molar-refractivity contribution in [3.8, 4) is 0 Å². The first kappa shape index (κ1) is 24.1. The average Bonchev–Trinajstić information content (AvgIpc) is 3.05. The Morgan fingerprint density at radius 3 is 2.74 bits per heavy atom. The minimum absolute atomic E-state index is 0.0169. The molecule has 0 bridgehead atoms. The van der Waals surface area contributed by atoms with Gasteiger partial charge in [0.05, 0.1) is 28.2 Å². The van der Waals surface area contributed by atoms with Crippen LogP contribution in [-0.4, -0.2) is 58.6 Å². The lowest BCUT2D eigenvalue weighted by molar-refractivity contribution is -0.129. The Bertz CT molecular complexity index is 1130. The number of thioether (sulfide) groups is 1. The van der Waals surface area contributed by atoms with Gasteiger partial charge in [-0.05, 0) is 43.9 Å². The number of sulfone groups is 1. The van der Waals surface area contributed by atoms with E-state index in [0.717, 1.165) is 6.42 Å². The molecule has 1 aromatic heterocycles. The van der Waals surface area contributed by atoms with E-state index in [1.165, 1.54) is 11.8 Å². The Hall–Kier alpha value is -1.58. The van der Waals surface area contributed by atoms with E-state index in [4.69, 9.17) is 11.6 Å². The summed E-state index contributed by atoms with van der Waals surface area (Å²) in [6.45, 7) is 6.98. The first-order valence-corrected chi connectivity index (χ1v) is 13.6. The van der Waals surface area contributed by atoms with Crippen molar-refractivity contribution in [2.75, 3.05) is 23.8 Å². The van der Waals surface area contributed by atoms with Crippen molar-refractivity contribution in [3.05, 3.63) is 33.6 Å². The van der Waals surface area contributed by atoms with Crippen LogP contribution in [0.1, 0.15) is 33.6 Å². The Kier molecular flexibility index (Phi) is 7.70. The van der Waals surface area contributed by atoms with Gasteiger partial charge < -0.3 is 4.90 Å². The average molecular weight is 486 g/mol. The maximum absolute atomic E-state index is 13.1. The van der Waals surface area contributed by atoms with Crippen molar-refractivity contribution in [2.24, 2.45) is 5.92 Å². The minimum Gasteiger partial charge on any atom is -0.338 e. The molecule has 170 valence electrons. The van der Waals surface area contributed by atoms with Crippen molar-refractivity contribution in [1.29, 1.82) is 0 Å². The minimum atomic E-state index is -3.08. The Morgan fingerprint density at radius 2 is 2.13 bits per heavy atom. The molecule has 0 spiro atoms. The fourth-order valence-corrected chi connectivity index (χ4v) is 6.55. The van der Waals surface area contributed by atoms with E-state index in [9.17, 15) is 18.0 Å². The number of amides is 1. The van der Waals surface area contributed by atoms with Crippen LogP contribution >= 0.6 is 23.4 Å². The van der Waals surface area contributed by atoms with Gasteiger partial charge in [0.15, 0.2) is 15.0 Å². The quantitative estimate of drug-likeness (QED) is 0.421. The molecule has 7 nitrogen and oxygen atoms in total. The van der Waals surface area contributed by atoms with Crippen LogP contribution in [0.5, 0.6) is 0 Å². The fourth-order valence-electron chi connectivity index (χ4n) is 3.74. The van der Waals surface area contributed by atoms with E-state index in [1.807, 2.05) is 6.92 Å². The van der Waals surface area contributed by atoms with Gasteiger partial charge in [-0.25, -0.2) is 13.4 Å². The highest BCUT2D eigenvalue weighted by atomic mass is 35.5. The van der Waals surface area contributed by atoms with Crippen molar-refractivity contribution < 1.29 is 13.2 Å². The summed E-state index contributed by atoms with van der Waals surface area (Å²) in [5, 5.41) is 1.46. The van der Waals surface area contributed by atoms with Gasteiger partial charge in [-0.2, -0.15) is 0 Å². The molecule has 1 saturated heterocycles. The summed E-state index contributed by atoms with van der Waals surface area (Å²) in [6, 6.07) is 4.72. The Morgan fingerprint density at radius 1 is 1.39 bits per heavy atom. The van der Waals surface area contributed by atoms with Crippen LogP contribution in [0.15, 0.2) is 28.2 Å². The molecule has 0 saturated carbocycles. The number of halogens is 1. The molecule has 0 radical (unpaired) electrons. The van der Waals surface area contributed by atoms with Crippen molar-refractivity contribution in [3.63, 3.8) is 0 Å². The highest BCUT2D eigenvalue weighted by Crippen LogP contribution is 2.23. The summed E-state index contributed by atoms with van der Waals surface area (Å²) < 4.78 is 25.3. The summed E-state index contributed by atoms with van der Waals surface area (Å²) in [4.78, 5) is 32.3. The van der Waals surface area contributed by atoms with Gasteiger partial charge in [0.2, 0.25) is 5.91 Å². The lowest BCUT2D eigenvalue weighted by Gasteiger charge is -2.26. The highest BCUT2D eigenvalue weighted by molar-refractivity contribution is 7.99. The summed E-state index contributed by atoms with van der Waals surface area (Å²) in [6.07, 6.45) is 1.28. The normalized spacial score (nSPS) is 18.0. The number of nitrogens with zero attached hydrogens (tertiary/aromatic N) is 3. The molecule has 0 N–H and O–H groups in total. The number of benzene rings is 1. The van der Waals surface area contributed by atoms with E-state index >= 15 is 0 Å². The van der Waals surface area contributed by atoms with E-state index in [0.29, 0.717) is 46.5 Å². The highest BCUT2D eigenvalue weighted by Gasteiger charge is 2.33. The van der Waals surface area contributed by atoms with Crippen LogP contribution in [0.2, 0.25) is 5.02 Å². The number of rotatable bonds is 8. The second-order valence-electron chi connectivity index (χ2n) is 8.22. The molecule has 1 aliphatic rings. The number of hydrogen-bond donors (Lipinski definition) is 0. The predicted molar refractivity (Wildman–Crippen MR) is 126 cm³/mol. The molecule has 3 rings (SSSR count). The maximum atomic E-state index is 13.1. The second-order valence-corrected chi connectivity index (χ2v) is 11.8. The van der Waals surface area contributed by atoms with Crippen molar-refractivity contribution in [1.82, 2.24) is 14.5 Å². The van der Waals surface area contributed by atoms with Gasteiger partial charge in [-0.3, -0.25) is 14.2 Å². The lowest BCUT2D eigenvalue weighted by Crippen LogP contribution is -2.42. The monoisotopic (exact) mass is 485 g/mol. The van der Waals surface area contributed by atoms with E-state index < -0.39 is 9.84 Å². The predicted octanol–water partition coefficient (Wildman–Crippen LogP) is 3.22. The molecular weight excluding hydrogens is 458 g/mol. The second kappa shape index (κ2) is 9.92. The number of carbonyl (C=O) groups excluding carboxylic acids is 1. The topological polar surface area (TPSA) is 89.3 Å². The standard InChI is InChI=1S/C21H28ClN3O4S2/c1-4-24(16-8-10-31(28,29)13-16)19(26)12-30-21-23-18-11-15(22)5-6-17(18)20(27)25(21)9-7-14(2)3/h5-6,11,14,16H,4,7-10,12-13H2,1-3H3. The summed E-state index contributed by atoms with van der Waals surface area (Å²) in [5.74, 6) is 0.488. The Balaban J connectivity index is 1.85. The number of aromatic nitrogens is 2. The van der Waals surface area contributed by atoms with Crippen LogP contribution < -0.4 is 5.56 Å². The number of fused-ring (bicyclic) bond motifs is 1. The van der Waals surface area contributed by atoms with Crippen molar-refractivity contribution in [2.45, 2.75) is 51.4 Å². The third-order valence-corrected chi connectivity index (χ3v) is 8.39.